The van der Waals surface area contributed by atoms with E-state index in [0.717, 1.165) is 0 Å². The minimum Gasteiger partial charge on any atom is -0.509 e. The third-order valence-electron chi connectivity index (χ3n) is 7.38. The third kappa shape index (κ3) is 5.35. The molecule has 0 aromatic heterocycles. The molecule has 0 spiro atoms. The molecule has 3 fully saturated rings. The molecule has 208 valence electrons. The lowest BCUT2D eigenvalue weighted by molar-refractivity contribution is -0.365. The van der Waals surface area contributed by atoms with Crippen molar-refractivity contribution in [2.45, 2.75) is 105 Å². The number of aliphatic hydroxyl groups excluding tert-OH is 4. The zero-order valence-electron chi connectivity index (χ0n) is 20.1. The summed E-state index contributed by atoms with van der Waals surface area (Å²) in [5.41, 5.74) is 30.4. The van der Waals surface area contributed by atoms with Gasteiger partial charge in [-0.3, -0.25) is 0 Å². The van der Waals surface area contributed by atoms with Gasteiger partial charge in [-0.1, -0.05) is 0 Å². The maximum absolute atomic E-state index is 11.1. The molecule has 0 saturated carbocycles. The number of nitrogens with two attached hydrogens (primary N) is 5. The minimum absolute atomic E-state index is 0.163. The van der Waals surface area contributed by atoms with Crippen molar-refractivity contribution in [1.29, 1.82) is 0 Å². The number of ether oxygens (including phenoxy) is 5. The van der Waals surface area contributed by atoms with Crippen molar-refractivity contribution in [3.05, 3.63) is 11.5 Å². The maximum atomic E-state index is 11.1. The van der Waals surface area contributed by atoms with Crippen LogP contribution >= 0.6 is 0 Å². The molecule has 0 aromatic carbocycles. The van der Waals surface area contributed by atoms with Crippen LogP contribution in [0.25, 0.3) is 0 Å². The Labute approximate surface area is 208 Å². The molecule has 15 N–H and O–H groups in total. The predicted octanol–water partition coefficient (Wildman–Crippen LogP) is -4.91. The van der Waals surface area contributed by atoms with Crippen LogP contribution in [-0.4, -0.2) is 120 Å². The van der Waals surface area contributed by atoms with Crippen LogP contribution in [0.1, 0.15) is 19.3 Å². The number of aliphatic hydroxyl groups is 4. The summed E-state index contributed by atoms with van der Waals surface area (Å²) in [6.07, 6.45) is -7.73. The first kappa shape index (κ1) is 27.8. The van der Waals surface area contributed by atoms with Gasteiger partial charge in [-0.05, 0) is 19.9 Å². The number of nitrogens with one attached hydrogen (secondary N) is 1. The Kier molecular flexibility index (Phi) is 8.73. The van der Waals surface area contributed by atoms with Crippen molar-refractivity contribution in [3.8, 4) is 0 Å². The van der Waals surface area contributed by atoms with Gasteiger partial charge in [0.05, 0.1) is 43.0 Å². The second kappa shape index (κ2) is 11.3. The Balaban J connectivity index is 1.43. The topological polar surface area (TPSA) is 269 Å². The van der Waals surface area contributed by atoms with Crippen LogP contribution in [0.15, 0.2) is 11.5 Å². The van der Waals surface area contributed by atoms with E-state index in [1.165, 1.54) is 0 Å². The molecule has 3 saturated heterocycles. The van der Waals surface area contributed by atoms with Gasteiger partial charge in [-0.25, -0.2) is 0 Å². The van der Waals surface area contributed by atoms with Gasteiger partial charge in [0.1, 0.15) is 24.1 Å². The van der Waals surface area contributed by atoms with E-state index in [-0.39, 0.29) is 37.3 Å². The number of fused-ring (bicyclic) bond motifs is 1. The highest BCUT2D eigenvalue weighted by Gasteiger charge is 2.53. The van der Waals surface area contributed by atoms with Gasteiger partial charge in [0.25, 0.3) is 0 Å². The fourth-order valence-electron chi connectivity index (χ4n) is 5.26. The highest BCUT2D eigenvalue weighted by molar-refractivity contribution is 5.19. The Bertz CT molecular complexity index is 793. The highest BCUT2D eigenvalue weighted by Crippen LogP contribution is 2.35. The van der Waals surface area contributed by atoms with Crippen LogP contribution in [0.2, 0.25) is 0 Å². The highest BCUT2D eigenvalue weighted by atomic mass is 16.8. The second-order valence-corrected chi connectivity index (χ2v) is 9.95. The molecular formula is C21H40N6O9. The average Bonchev–Trinajstić information content (AvgIpc) is 2.83. The molecule has 14 atom stereocenters. The molecule has 15 nitrogen and oxygen atoms in total. The Hall–Kier alpha value is -1.18. The van der Waals surface area contributed by atoms with Gasteiger partial charge >= 0.3 is 0 Å². The van der Waals surface area contributed by atoms with E-state index >= 15 is 0 Å². The van der Waals surface area contributed by atoms with E-state index in [1.807, 2.05) is 0 Å². The zero-order chi connectivity index (χ0) is 26.3. The van der Waals surface area contributed by atoms with Gasteiger partial charge in [0.15, 0.2) is 18.9 Å². The molecule has 36 heavy (non-hydrogen) atoms. The largest absolute Gasteiger partial charge is 0.509 e. The molecule has 0 bridgehead atoms. The standard InChI is InChI=1S/C21H40N6O9/c1-27-14-16(31)18-11(32-21(14)36-20-10(29)3-6(22)12(5-28)33-20)4-9(25)19(35-18)34-17-8(24)2-7(23)15(30)13(17)26/h6,8-14,16-21,27-31H,2-5,22-26H2,1H3/t6-,8?,9?,10?,11-,12?,13+,14?,16?,17+,18?,19-,20+,21?/m0/s1. The molecular weight excluding hydrogens is 480 g/mol. The van der Waals surface area contributed by atoms with Gasteiger partial charge in [-0.2, -0.15) is 0 Å². The third-order valence-corrected chi connectivity index (χ3v) is 7.38. The molecule has 0 aromatic rings. The van der Waals surface area contributed by atoms with Crippen molar-refractivity contribution >= 4 is 0 Å². The number of hydrogen-bond donors (Lipinski definition) is 10. The van der Waals surface area contributed by atoms with Crippen LogP contribution in [0.5, 0.6) is 0 Å². The van der Waals surface area contributed by atoms with E-state index in [4.69, 9.17) is 52.4 Å². The molecule has 3 heterocycles. The molecule has 3 aliphatic heterocycles. The van der Waals surface area contributed by atoms with E-state index in [0.29, 0.717) is 0 Å². The maximum Gasteiger partial charge on any atom is 0.187 e. The minimum atomic E-state index is -1.12. The van der Waals surface area contributed by atoms with Crippen molar-refractivity contribution in [1.82, 2.24) is 5.32 Å². The number of rotatable bonds is 6. The van der Waals surface area contributed by atoms with Crippen LogP contribution in [-0.2, 0) is 23.7 Å². The summed E-state index contributed by atoms with van der Waals surface area (Å²) in [4.78, 5) is 0. The van der Waals surface area contributed by atoms with Gasteiger partial charge in [0.2, 0.25) is 0 Å². The lowest BCUT2D eigenvalue weighted by Crippen LogP contribution is -2.69. The summed E-state index contributed by atoms with van der Waals surface area (Å²) in [6, 6.07) is -3.53. The summed E-state index contributed by atoms with van der Waals surface area (Å²) >= 11 is 0. The zero-order valence-corrected chi connectivity index (χ0v) is 20.1. The van der Waals surface area contributed by atoms with Crippen molar-refractivity contribution < 1.29 is 44.1 Å². The van der Waals surface area contributed by atoms with Crippen LogP contribution in [0, 0.1) is 0 Å². The Morgan fingerprint density at radius 3 is 2.33 bits per heavy atom. The lowest BCUT2D eigenvalue weighted by atomic mass is 9.89. The van der Waals surface area contributed by atoms with Crippen LogP contribution in [0.4, 0.5) is 0 Å². The summed E-state index contributed by atoms with van der Waals surface area (Å²) in [6.45, 7) is -0.333. The van der Waals surface area contributed by atoms with Gasteiger partial charge < -0.3 is 78.1 Å². The molecule has 1 aliphatic carbocycles. The van der Waals surface area contributed by atoms with Crippen LogP contribution < -0.4 is 34.0 Å². The molecule has 0 amide bonds. The molecule has 15 heteroatoms. The van der Waals surface area contributed by atoms with Gasteiger partial charge in [-0.15, -0.1) is 0 Å². The Morgan fingerprint density at radius 1 is 0.944 bits per heavy atom. The average molecular weight is 521 g/mol. The lowest BCUT2D eigenvalue weighted by Gasteiger charge is -2.51. The molecule has 0 radical (unpaired) electrons. The SMILES string of the molecule is CNC1C(O[C@H]2OC(CO)[C@@H](N)CC2O)O[C@H]2CC(N)[C@@H](O[C@@H]3C(N)CC(N)=C(O)[C@H]3N)OC2C1O. The van der Waals surface area contributed by atoms with E-state index in [9.17, 15) is 20.4 Å². The monoisotopic (exact) mass is 520 g/mol. The van der Waals surface area contributed by atoms with Crippen molar-refractivity contribution in [2.24, 2.45) is 28.7 Å². The quantitative estimate of drug-likeness (QED) is 0.157. The Morgan fingerprint density at radius 2 is 1.67 bits per heavy atom. The number of hydrogen-bond acceptors (Lipinski definition) is 15. The smallest absolute Gasteiger partial charge is 0.187 e. The number of likely N-dealkylation sites (N-methyl/N-ethyl adjacent to an activating group) is 1. The first-order valence-electron chi connectivity index (χ1n) is 12.2. The summed E-state index contributed by atoms with van der Waals surface area (Å²) < 4.78 is 29.6. The first-order chi connectivity index (χ1) is 17.0. The molecule has 8 unspecified atom stereocenters. The second-order valence-electron chi connectivity index (χ2n) is 9.95. The van der Waals surface area contributed by atoms with Crippen molar-refractivity contribution in [3.63, 3.8) is 0 Å². The molecule has 4 aliphatic rings. The normalized spacial score (nSPS) is 50.1. The van der Waals surface area contributed by atoms with Crippen LogP contribution in [0.3, 0.4) is 0 Å². The van der Waals surface area contributed by atoms with E-state index in [1.54, 1.807) is 7.05 Å². The van der Waals surface area contributed by atoms with Crippen molar-refractivity contribution in [2.75, 3.05) is 13.7 Å². The van der Waals surface area contributed by atoms with E-state index in [2.05, 4.69) is 5.32 Å². The van der Waals surface area contributed by atoms with Gasteiger partial charge in [0, 0.05) is 24.2 Å². The summed E-state index contributed by atoms with van der Waals surface area (Å²) in [5, 5.41) is 44.1. The fourth-order valence-corrected chi connectivity index (χ4v) is 5.26. The summed E-state index contributed by atoms with van der Waals surface area (Å²) in [5.74, 6) is -0.184. The van der Waals surface area contributed by atoms with E-state index < -0.39 is 85.7 Å². The predicted molar refractivity (Wildman–Crippen MR) is 123 cm³/mol. The summed E-state index contributed by atoms with van der Waals surface area (Å²) in [7, 11) is 1.61. The molecule has 4 rings (SSSR count). The first-order valence-corrected chi connectivity index (χ1v) is 12.2. The fraction of sp³-hybridized carbons (Fsp3) is 0.905.